The Balaban J connectivity index is 1.10. The largest absolute Gasteiger partial charge is 0.416 e. The van der Waals surface area contributed by atoms with Crippen LogP contribution in [0.1, 0.15) is 36.1 Å². The van der Waals surface area contributed by atoms with Gasteiger partial charge in [0.25, 0.3) is 0 Å². The van der Waals surface area contributed by atoms with E-state index in [-0.39, 0.29) is 18.5 Å². The van der Waals surface area contributed by atoms with E-state index in [0.717, 1.165) is 42.9 Å². The van der Waals surface area contributed by atoms with Gasteiger partial charge in [0, 0.05) is 42.6 Å². The Morgan fingerprint density at radius 3 is 2.69 bits per heavy atom. The highest BCUT2D eigenvalue weighted by Crippen LogP contribution is 2.40. The summed E-state index contributed by atoms with van der Waals surface area (Å²) in [7, 11) is 0. The summed E-state index contributed by atoms with van der Waals surface area (Å²) >= 11 is 1.49. The minimum absolute atomic E-state index is 0.0395. The number of rotatable bonds is 6. The molecule has 11 heteroatoms. The van der Waals surface area contributed by atoms with Gasteiger partial charge in [-0.05, 0) is 49.9 Å². The molecule has 2 aromatic heterocycles. The van der Waals surface area contributed by atoms with Crippen LogP contribution in [0.15, 0.2) is 42.2 Å². The van der Waals surface area contributed by atoms with Crippen LogP contribution in [-0.4, -0.2) is 57.6 Å². The molecule has 7 nitrogen and oxygen atoms in total. The topological polar surface area (TPSA) is 90.4 Å². The Bertz CT molecular complexity index is 1190. The van der Waals surface area contributed by atoms with Crippen LogP contribution in [0.25, 0.3) is 10.9 Å². The lowest BCUT2D eigenvalue weighted by molar-refractivity contribution is -0.137. The fourth-order valence-electron chi connectivity index (χ4n) is 4.97. The fraction of sp³-hybridized carbons (Fsp3) is 0.458. The summed E-state index contributed by atoms with van der Waals surface area (Å²) in [6.07, 6.45) is 1.99. The van der Waals surface area contributed by atoms with Gasteiger partial charge in [0.05, 0.1) is 34.1 Å². The Morgan fingerprint density at radius 1 is 1.23 bits per heavy atom. The molecule has 3 heterocycles. The molecule has 1 aromatic carbocycles. The van der Waals surface area contributed by atoms with Crippen molar-refractivity contribution >= 4 is 33.8 Å². The monoisotopic (exact) mass is 505 g/mol. The van der Waals surface area contributed by atoms with E-state index in [1.54, 1.807) is 17.8 Å². The van der Waals surface area contributed by atoms with Crippen LogP contribution in [0.4, 0.5) is 18.9 Å². The molecule has 0 atom stereocenters. The average Bonchev–Trinajstić information content (AvgIpc) is 3.36. The van der Waals surface area contributed by atoms with Gasteiger partial charge in [-0.1, -0.05) is 0 Å². The molecule has 2 aliphatic rings. The van der Waals surface area contributed by atoms with Crippen molar-refractivity contribution in [2.75, 3.05) is 25.0 Å². The number of alkyl halides is 3. The van der Waals surface area contributed by atoms with E-state index in [4.69, 9.17) is 0 Å². The summed E-state index contributed by atoms with van der Waals surface area (Å²) < 4.78 is 39.3. The number of aliphatic hydroxyl groups is 1. The van der Waals surface area contributed by atoms with Crippen LogP contribution in [0.5, 0.6) is 0 Å². The second kappa shape index (κ2) is 9.36. The summed E-state index contributed by atoms with van der Waals surface area (Å²) in [5, 5.41) is 17.1. The van der Waals surface area contributed by atoms with Crippen molar-refractivity contribution in [3.63, 3.8) is 0 Å². The minimum atomic E-state index is -4.45. The Morgan fingerprint density at radius 2 is 2.00 bits per heavy atom. The van der Waals surface area contributed by atoms with Crippen LogP contribution in [0, 0.1) is 0 Å². The number of pyridine rings is 1. The maximum atomic E-state index is 13.1. The molecular formula is C24H26F3N5O2S. The molecule has 1 aliphatic carbocycles. The minimum Gasteiger partial charge on any atom is -0.384 e. The van der Waals surface area contributed by atoms with Crippen LogP contribution in [-0.2, 0) is 16.6 Å². The van der Waals surface area contributed by atoms with Gasteiger partial charge in [0.1, 0.15) is 5.60 Å². The number of aromatic nitrogens is 2. The Hall–Kier alpha value is -2.76. The van der Waals surface area contributed by atoms with Crippen molar-refractivity contribution in [3.8, 4) is 0 Å². The zero-order chi connectivity index (χ0) is 24.6. The lowest BCUT2D eigenvalue weighted by Gasteiger charge is -2.48. The molecule has 1 amide bonds. The average molecular weight is 506 g/mol. The van der Waals surface area contributed by atoms with Crippen LogP contribution in [0.3, 0.4) is 0 Å². The number of hydrogen-bond acceptors (Lipinski definition) is 7. The molecule has 35 heavy (non-hydrogen) atoms. The summed E-state index contributed by atoms with van der Waals surface area (Å²) in [5.41, 5.74) is 1.07. The molecular weight excluding hydrogens is 479 g/mol. The van der Waals surface area contributed by atoms with Gasteiger partial charge >= 0.3 is 6.18 Å². The van der Waals surface area contributed by atoms with Crippen molar-refractivity contribution in [1.29, 1.82) is 0 Å². The molecule has 186 valence electrons. The first-order valence-corrected chi connectivity index (χ1v) is 12.4. The zero-order valence-corrected chi connectivity index (χ0v) is 19.7. The SMILES string of the molecule is O=C(CNc1ccnc2ccc(C(F)(F)F)cc12)NC1CN([C@H]2CC[C@@](O)(c3cncs3)CC2)C1. The summed E-state index contributed by atoms with van der Waals surface area (Å²) in [6.45, 7) is 1.46. The number of anilines is 1. The molecule has 3 N–H and O–H groups in total. The number of halogens is 3. The van der Waals surface area contributed by atoms with Gasteiger partial charge in [-0.25, -0.2) is 0 Å². The maximum absolute atomic E-state index is 13.1. The first-order chi connectivity index (χ1) is 16.7. The van der Waals surface area contributed by atoms with Gasteiger partial charge < -0.3 is 15.7 Å². The number of carbonyl (C=O) groups is 1. The number of likely N-dealkylation sites (tertiary alicyclic amines) is 1. The van der Waals surface area contributed by atoms with Crippen molar-refractivity contribution in [3.05, 3.63) is 52.6 Å². The van der Waals surface area contributed by atoms with Crippen molar-refractivity contribution in [2.24, 2.45) is 0 Å². The first-order valence-electron chi connectivity index (χ1n) is 11.6. The highest BCUT2D eigenvalue weighted by molar-refractivity contribution is 7.09. The number of fused-ring (bicyclic) bond motifs is 1. The Labute approximate surface area is 204 Å². The summed E-state index contributed by atoms with van der Waals surface area (Å²) in [6, 6.07) is 5.37. The zero-order valence-electron chi connectivity index (χ0n) is 18.9. The maximum Gasteiger partial charge on any atom is 0.416 e. The number of benzene rings is 1. The lowest BCUT2D eigenvalue weighted by atomic mass is 9.80. The van der Waals surface area contributed by atoms with Crippen molar-refractivity contribution in [1.82, 2.24) is 20.2 Å². The molecule has 3 aromatic rings. The quantitative estimate of drug-likeness (QED) is 0.473. The molecule has 2 fully saturated rings. The molecule has 0 spiro atoms. The summed E-state index contributed by atoms with van der Waals surface area (Å²) in [5.74, 6) is -0.213. The van der Waals surface area contributed by atoms with E-state index in [0.29, 0.717) is 35.5 Å². The smallest absolute Gasteiger partial charge is 0.384 e. The molecule has 1 aliphatic heterocycles. The number of amides is 1. The van der Waals surface area contributed by atoms with E-state index >= 15 is 0 Å². The summed E-state index contributed by atoms with van der Waals surface area (Å²) in [4.78, 5) is 23.9. The first kappa shape index (κ1) is 24.0. The third kappa shape index (κ3) is 5.12. The van der Waals surface area contributed by atoms with E-state index in [1.165, 1.54) is 23.6 Å². The lowest BCUT2D eigenvalue weighted by Crippen LogP contribution is -2.63. The fourth-order valence-corrected chi connectivity index (χ4v) is 5.75. The third-order valence-corrected chi connectivity index (χ3v) is 7.94. The molecule has 1 saturated heterocycles. The standard InChI is InChI=1S/C24H26F3N5O2S/c25-24(26,27)15-1-2-19-18(9-15)20(5-8-29-19)30-11-22(33)31-16-12-32(13-16)17-3-6-23(34,7-4-17)21-10-28-14-35-21/h1-2,5,8-10,14,16-17,34H,3-4,6-7,11-13H2,(H,29,30)(H,31,33)/t17-,23-. The number of nitrogens with zero attached hydrogens (tertiary/aromatic N) is 3. The highest BCUT2D eigenvalue weighted by atomic mass is 32.1. The van der Waals surface area contributed by atoms with Crippen molar-refractivity contribution in [2.45, 2.75) is 49.5 Å². The number of thiazole rings is 1. The number of nitrogens with one attached hydrogen (secondary N) is 2. The Kier molecular flexibility index (Phi) is 6.41. The molecule has 0 radical (unpaired) electrons. The van der Waals surface area contributed by atoms with E-state index in [1.807, 2.05) is 0 Å². The second-order valence-electron chi connectivity index (χ2n) is 9.29. The molecule has 0 unspecified atom stereocenters. The van der Waals surface area contributed by atoms with Gasteiger partial charge in [0.15, 0.2) is 0 Å². The molecule has 1 saturated carbocycles. The van der Waals surface area contributed by atoms with E-state index in [9.17, 15) is 23.1 Å². The normalized spacial score (nSPS) is 23.7. The van der Waals surface area contributed by atoms with Crippen LogP contribution < -0.4 is 10.6 Å². The third-order valence-electron chi connectivity index (χ3n) is 6.97. The van der Waals surface area contributed by atoms with E-state index < -0.39 is 17.3 Å². The van der Waals surface area contributed by atoms with Crippen LogP contribution in [0.2, 0.25) is 0 Å². The van der Waals surface area contributed by atoms with E-state index in [2.05, 4.69) is 25.5 Å². The van der Waals surface area contributed by atoms with Crippen molar-refractivity contribution < 1.29 is 23.1 Å². The molecule has 0 bridgehead atoms. The number of carbonyl (C=O) groups excluding carboxylic acids is 1. The van der Waals surface area contributed by atoms with Crippen LogP contribution >= 0.6 is 11.3 Å². The van der Waals surface area contributed by atoms with Gasteiger partial charge in [-0.15, -0.1) is 11.3 Å². The van der Waals surface area contributed by atoms with Gasteiger partial charge in [0.2, 0.25) is 5.91 Å². The predicted molar refractivity (Wildman–Crippen MR) is 127 cm³/mol. The highest BCUT2D eigenvalue weighted by Gasteiger charge is 2.41. The number of hydrogen-bond donors (Lipinski definition) is 3. The molecule has 5 rings (SSSR count). The van der Waals surface area contributed by atoms with Gasteiger partial charge in [-0.3, -0.25) is 19.7 Å². The van der Waals surface area contributed by atoms with Gasteiger partial charge in [-0.2, -0.15) is 13.2 Å². The predicted octanol–water partition coefficient (Wildman–Crippen LogP) is 3.75. The second-order valence-corrected chi connectivity index (χ2v) is 10.2.